The third-order valence-corrected chi connectivity index (χ3v) is 6.22. The van der Waals surface area contributed by atoms with E-state index in [0.29, 0.717) is 16.4 Å². The summed E-state index contributed by atoms with van der Waals surface area (Å²) in [5, 5.41) is 6.72. The van der Waals surface area contributed by atoms with Crippen molar-refractivity contribution in [3.8, 4) is 17.2 Å². The summed E-state index contributed by atoms with van der Waals surface area (Å²) >= 11 is 0.866. The lowest BCUT2D eigenvalue weighted by molar-refractivity contribution is -0.122. The van der Waals surface area contributed by atoms with Crippen LogP contribution in [0.4, 0.5) is 4.79 Å². The van der Waals surface area contributed by atoms with Crippen molar-refractivity contribution in [3.63, 3.8) is 0 Å². The van der Waals surface area contributed by atoms with E-state index in [9.17, 15) is 14.4 Å². The van der Waals surface area contributed by atoms with Crippen LogP contribution in [0, 0.1) is 6.92 Å². The second-order valence-corrected chi connectivity index (χ2v) is 8.61. The van der Waals surface area contributed by atoms with Crippen LogP contribution in [0.1, 0.15) is 21.7 Å². The monoisotopic (exact) mass is 476 g/mol. The fourth-order valence-electron chi connectivity index (χ4n) is 3.63. The van der Waals surface area contributed by atoms with E-state index in [2.05, 4.69) is 10.4 Å². The topological polar surface area (TPSA) is 103 Å². The summed E-state index contributed by atoms with van der Waals surface area (Å²) in [5.74, 6) is 0.470. The molecule has 0 atom stereocenters. The summed E-state index contributed by atoms with van der Waals surface area (Å²) in [6, 6.07) is 16.5. The van der Waals surface area contributed by atoms with Gasteiger partial charge in [-0.05, 0) is 60.7 Å². The van der Waals surface area contributed by atoms with Crippen molar-refractivity contribution in [1.82, 2.24) is 20.0 Å². The predicted octanol–water partition coefficient (Wildman–Crippen LogP) is 3.38. The van der Waals surface area contributed by atoms with E-state index in [0.717, 1.165) is 33.6 Å². The third-order valence-electron chi connectivity index (χ3n) is 5.31. The first kappa shape index (κ1) is 21.8. The number of hydrogen-bond donors (Lipinski definition) is 1. The van der Waals surface area contributed by atoms with Crippen LogP contribution < -0.4 is 14.8 Å². The van der Waals surface area contributed by atoms with Crippen LogP contribution in [0.3, 0.4) is 0 Å². The highest BCUT2D eigenvalue weighted by atomic mass is 32.2. The van der Waals surface area contributed by atoms with Gasteiger partial charge in [0, 0.05) is 18.8 Å². The van der Waals surface area contributed by atoms with Gasteiger partial charge in [-0.1, -0.05) is 24.3 Å². The van der Waals surface area contributed by atoms with Crippen molar-refractivity contribution in [2.45, 2.75) is 6.92 Å². The largest absolute Gasteiger partial charge is 0.454 e. The Balaban J connectivity index is 1.20. The van der Waals surface area contributed by atoms with Crippen molar-refractivity contribution in [2.24, 2.45) is 0 Å². The normalized spacial score (nSPS) is 15.9. The number of nitrogens with zero attached hydrogens (tertiary/aromatic N) is 3. The fraction of sp³-hybridized carbons (Fsp3) is 0.167. The van der Waals surface area contributed by atoms with E-state index in [1.54, 1.807) is 35.0 Å². The molecule has 0 bridgehead atoms. The molecule has 1 saturated heterocycles. The Hall–Kier alpha value is -4.05. The lowest BCUT2D eigenvalue weighted by Crippen LogP contribution is -2.37. The average Bonchev–Trinajstić information content (AvgIpc) is 3.53. The van der Waals surface area contributed by atoms with Gasteiger partial charge in [0.1, 0.15) is 0 Å². The predicted molar refractivity (Wildman–Crippen MR) is 126 cm³/mol. The summed E-state index contributed by atoms with van der Waals surface area (Å²) in [6.45, 7) is 2.20. The molecule has 10 heteroatoms. The Kier molecular flexibility index (Phi) is 5.81. The maximum atomic E-state index is 12.7. The number of thioether (sulfide) groups is 1. The number of aryl methyl sites for hydroxylation is 1. The second kappa shape index (κ2) is 9.06. The molecular weight excluding hydrogens is 456 g/mol. The number of fused-ring (bicyclic) bond motifs is 1. The number of para-hydroxylation sites is 1. The summed E-state index contributed by atoms with van der Waals surface area (Å²) in [5.41, 5.74) is 2.66. The molecule has 3 amide bonds. The summed E-state index contributed by atoms with van der Waals surface area (Å²) in [6.07, 6.45) is 1.64. The van der Waals surface area contributed by atoms with E-state index in [1.807, 2.05) is 37.3 Å². The Morgan fingerprint density at radius 1 is 1.12 bits per heavy atom. The molecule has 3 heterocycles. The first-order valence-electron chi connectivity index (χ1n) is 10.5. The van der Waals surface area contributed by atoms with Gasteiger partial charge in [-0.2, -0.15) is 5.10 Å². The average molecular weight is 477 g/mol. The Morgan fingerprint density at radius 2 is 1.91 bits per heavy atom. The van der Waals surface area contributed by atoms with E-state index in [-0.39, 0.29) is 36.7 Å². The van der Waals surface area contributed by atoms with Gasteiger partial charge in [-0.3, -0.25) is 19.3 Å². The molecule has 0 saturated carbocycles. The van der Waals surface area contributed by atoms with Crippen molar-refractivity contribution in [3.05, 3.63) is 76.5 Å². The SMILES string of the molecule is Cc1cc(C(=O)NCCN2C(=O)S/C(=C/c3ccc4c(c3)OCO4)C2=O)nn1-c1ccccc1. The number of hydrogen-bond acceptors (Lipinski definition) is 7. The molecule has 0 spiro atoms. The maximum Gasteiger partial charge on any atom is 0.293 e. The van der Waals surface area contributed by atoms with Crippen molar-refractivity contribution >= 4 is 34.9 Å². The summed E-state index contributed by atoms with van der Waals surface area (Å²) in [4.78, 5) is 39.1. The summed E-state index contributed by atoms with van der Waals surface area (Å²) in [7, 11) is 0. The number of carbonyl (C=O) groups excluding carboxylic acids is 3. The number of aromatic nitrogens is 2. The highest BCUT2D eigenvalue weighted by Gasteiger charge is 2.34. The number of ether oxygens (including phenoxy) is 2. The van der Waals surface area contributed by atoms with Crippen LogP contribution in [0.25, 0.3) is 11.8 Å². The fourth-order valence-corrected chi connectivity index (χ4v) is 4.50. The van der Waals surface area contributed by atoms with Gasteiger partial charge in [-0.25, -0.2) is 4.68 Å². The lowest BCUT2D eigenvalue weighted by atomic mass is 10.2. The van der Waals surface area contributed by atoms with Gasteiger partial charge < -0.3 is 14.8 Å². The molecule has 2 aliphatic heterocycles. The molecule has 1 N–H and O–H groups in total. The molecule has 34 heavy (non-hydrogen) atoms. The zero-order valence-corrected chi connectivity index (χ0v) is 19.0. The molecule has 0 radical (unpaired) electrons. The first-order valence-corrected chi connectivity index (χ1v) is 11.4. The molecule has 172 valence electrons. The molecule has 0 aliphatic carbocycles. The molecule has 3 aromatic rings. The van der Waals surface area contributed by atoms with Gasteiger partial charge in [0.25, 0.3) is 17.1 Å². The number of rotatable bonds is 6. The van der Waals surface area contributed by atoms with Crippen LogP contribution in [0.15, 0.2) is 59.5 Å². The highest BCUT2D eigenvalue weighted by Crippen LogP contribution is 2.36. The minimum atomic E-state index is -0.397. The zero-order valence-electron chi connectivity index (χ0n) is 18.2. The van der Waals surface area contributed by atoms with E-state index >= 15 is 0 Å². The second-order valence-electron chi connectivity index (χ2n) is 7.62. The van der Waals surface area contributed by atoms with Gasteiger partial charge in [0.2, 0.25) is 6.79 Å². The van der Waals surface area contributed by atoms with Gasteiger partial charge >= 0.3 is 0 Å². The zero-order chi connectivity index (χ0) is 23.7. The molecule has 0 unspecified atom stereocenters. The first-order chi connectivity index (χ1) is 16.5. The van der Waals surface area contributed by atoms with E-state index in [4.69, 9.17) is 9.47 Å². The van der Waals surface area contributed by atoms with Crippen molar-refractivity contribution in [1.29, 1.82) is 0 Å². The van der Waals surface area contributed by atoms with Crippen LogP contribution in [-0.4, -0.2) is 51.6 Å². The van der Waals surface area contributed by atoms with Crippen molar-refractivity contribution in [2.75, 3.05) is 19.9 Å². The highest BCUT2D eigenvalue weighted by molar-refractivity contribution is 8.18. The molecule has 2 aliphatic rings. The number of benzene rings is 2. The minimum absolute atomic E-state index is 0.0628. The molecule has 2 aromatic carbocycles. The number of nitrogens with one attached hydrogen (secondary N) is 1. The van der Waals surface area contributed by atoms with Crippen LogP contribution in [0.5, 0.6) is 11.5 Å². The molecule has 9 nitrogen and oxygen atoms in total. The smallest absolute Gasteiger partial charge is 0.293 e. The van der Waals surface area contributed by atoms with E-state index in [1.165, 1.54) is 0 Å². The number of imide groups is 1. The van der Waals surface area contributed by atoms with Crippen LogP contribution in [0.2, 0.25) is 0 Å². The molecular formula is C24H20N4O5S. The van der Waals surface area contributed by atoms with Crippen LogP contribution in [-0.2, 0) is 4.79 Å². The Morgan fingerprint density at radius 3 is 2.74 bits per heavy atom. The molecule has 1 fully saturated rings. The number of amides is 3. The van der Waals surface area contributed by atoms with Gasteiger partial charge in [-0.15, -0.1) is 0 Å². The Labute approximate surface area is 199 Å². The standard InChI is InChI=1S/C24H20N4O5S/c1-15-11-18(26-28(15)17-5-3-2-4-6-17)22(29)25-9-10-27-23(30)21(34-24(27)31)13-16-7-8-19-20(12-16)33-14-32-19/h2-8,11-13H,9-10,14H2,1H3,(H,25,29)/b21-13+. The van der Waals surface area contributed by atoms with Gasteiger partial charge in [0.15, 0.2) is 17.2 Å². The Bertz CT molecular complexity index is 1320. The van der Waals surface area contributed by atoms with Crippen molar-refractivity contribution < 1.29 is 23.9 Å². The van der Waals surface area contributed by atoms with Gasteiger partial charge in [0.05, 0.1) is 10.6 Å². The lowest BCUT2D eigenvalue weighted by Gasteiger charge is -2.12. The maximum absolute atomic E-state index is 12.7. The summed E-state index contributed by atoms with van der Waals surface area (Å²) < 4.78 is 12.3. The minimum Gasteiger partial charge on any atom is -0.454 e. The van der Waals surface area contributed by atoms with E-state index < -0.39 is 5.91 Å². The molecule has 1 aromatic heterocycles. The van der Waals surface area contributed by atoms with Crippen LogP contribution >= 0.6 is 11.8 Å². The third kappa shape index (κ3) is 4.27. The number of carbonyl (C=O) groups is 3. The quantitative estimate of drug-likeness (QED) is 0.544. The molecule has 5 rings (SSSR count).